The van der Waals surface area contributed by atoms with E-state index < -0.39 is 5.60 Å². The van der Waals surface area contributed by atoms with E-state index in [0.717, 1.165) is 31.7 Å². The van der Waals surface area contributed by atoms with E-state index in [0.29, 0.717) is 6.61 Å². The molecule has 0 aromatic carbocycles. The second-order valence-corrected chi connectivity index (χ2v) is 8.56. The van der Waals surface area contributed by atoms with Crippen LogP contribution >= 0.6 is 0 Å². The summed E-state index contributed by atoms with van der Waals surface area (Å²) in [5.41, 5.74) is 4.77. The van der Waals surface area contributed by atoms with Gasteiger partial charge in [0.25, 0.3) is 0 Å². The van der Waals surface area contributed by atoms with E-state index in [1.54, 1.807) is 13.8 Å². The fraction of sp³-hybridized carbons (Fsp3) is 1.00. The molecular weight excluding hydrogens is 264 g/mol. The number of hydrogen-bond donors (Lipinski definition) is 2. The molecule has 0 aromatic rings. The van der Waals surface area contributed by atoms with Gasteiger partial charge in [-0.05, 0) is 73.3 Å². The molecule has 126 valence electrons. The lowest BCUT2D eigenvalue weighted by Crippen LogP contribution is -2.61. The summed E-state index contributed by atoms with van der Waals surface area (Å²) in [7, 11) is 0. The molecule has 1 saturated heterocycles. The van der Waals surface area contributed by atoms with Crippen molar-refractivity contribution in [2.75, 3.05) is 13.2 Å². The molecule has 0 atom stereocenters. The first-order valence-corrected chi connectivity index (χ1v) is 8.34. The molecular formula is C17H36N2O2. The predicted octanol–water partition coefficient (Wildman–Crippen LogP) is 3.09. The zero-order valence-corrected chi connectivity index (χ0v) is 14.9. The lowest BCUT2D eigenvalue weighted by atomic mass is 9.73. The molecule has 0 amide bonds. The van der Waals surface area contributed by atoms with E-state index in [2.05, 4.69) is 32.8 Å². The second kappa shape index (κ2) is 6.95. The van der Waals surface area contributed by atoms with Crippen LogP contribution in [0.2, 0.25) is 0 Å². The normalized spacial score (nSPS) is 23.4. The van der Waals surface area contributed by atoms with Gasteiger partial charge in [-0.15, -0.1) is 0 Å². The predicted molar refractivity (Wildman–Crippen MR) is 87.9 cm³/mol. The lowest BCUT2D eigenvalue weighted by molar-refractivity contribution is -0.302. The van der Waals surface area contributed by atoms with Crippen LogP contribution < -0.4 is 5.73 Å². The average molecular weight is 300 g/mol. The van der Waals surface area contributed by atoms with E-state index >= 15 is 0 Å². The minimum absolute atomic E-state index is 0.0135. The highest BCUT2D eigenvalue weighted by Gasteiger charge is 2.46. The molecule has 21 heavy (non-hydrogen) atoms. The van der Waals surface area contributed by atoms with Gasteiger partial charge in [-0.25, -0.2) is 0 Å². The van der Waals surface area contributed by atoms with Gasteiger partial charge in [-0.3, -0.25) is 4.84 Å². The molecule has 1 aliphatic heterocycles. The van der Waals surface area contributed by atoms with E-state index in [-0.39, 0.29) is 11.1 Å². The molecule has 4 heteroatoms. The van der Waals surface area contributed by atoms with Crippen LogP contribution in [0.4, 0.5) is 0 Å². The highest BCUT2D eigenvalue weighted by molar-refractivity contribution is 4.96. The Kier molecular flexibility index (Phi) is 6.25. The summed E-state index contributed by atoms with van der Waals surface area (Å²) >= 11 is 0. The van der Waals surface area contributed by atoms with Crippen molar-refractivity contribution in [3.63, 3.8) is 0 Å². The highest BCUT2D eigenvalue weighted by atomic mass is 16.7. The third-order valence-electron chi connectivity index (χ3n) is 4.29. The minimum atomic E-state index is -0.801. The first-order valence-electron chi connectivity index (χ1n) is 8.34. The number of hydrogen-bond acceptors (Lipinski definition) is 4. The number of rotatable bonds is 7. The maximum Gasteiger partial charge on any atom is 0.0967 e. The molecule has 0 saturated carbocycles. The molecule has 0 bridgehead atoms. The molecule has 1 rings (SSSR count). The molecule has 0 unspecified atom stereocenters. The minimum Gasteiger partial charge on any atom is -0.388 e. The molecule has 0 aromatic heterocycles. The van der Waals surface area contributed by atoms with Gasteiger partial charge in [-0.1, -0.05) is 12.8 Å². The molecule has 1 heterocycles. The Morgan fingerprint density at radius 3 is 2.10 bits per heavy atom. The van der Waals surface area contributed by atoms with Crippen LogP contribution in [0.25, 0.3) is 0 Å². The summed E-state index contributed by atoms with van der Waals surface area (Å²) < 4.78 is 0. The van der Waals surface area contributed by atoms with Crippen molar-refractivity contribution in [3.8, 4) is 0 Å². The van der Waals surface area contributed by atoms with Crippen molar-refractivity contribution in [2.24, 2.45) is 11.7 Å². The van der Waals surface area contributed by atoms with E-state index in [9.17, 15) is 5.11 Å². The first kappa shape index (κ1) is 18.9. The molecule has 4 nitrogen and oxygen atoms in total. The van der Waals surface area contributed by atoms with Gasteiger partial charge >= 0.3 is 0 Å². The molecule has 1 fully saturated rings. The van der Waals surface area contributed by atoms with Crippen molar-refractivity contribution in [1.82, 2.24) is 5.06 Å². The largest absolute Gasteiger partial charge is 0.388 e. The van der Waals surface area contributed by atoms with E-state index in [1.807, 2.05) is 0 Å². The number of unbranched alkanes of at least 4 members (excludes halogenated alkanes) is 1. The lowest BCUT2D eigenvalue weighted by Gasteiger charge is -2.54. The number of hydroxylamine groups is 2. The van der Waals surface area contributed by atoms with Crippen LogP contribution in [0, 0.1) is 5.92 Å². The molecule has 0 radical (unpaired) electrons. The first-order chi connectivity index (χ1) is 9.48. The summed E-state index contributed by atoms with van der Waals surface area (Å²) in [4.78, 5) is 6.02. The Bertz CT molecular complexity index is 303. The summed E-state index contributed by atoms with van der Waals surface area (Å²) in [5, 5.41) is 12.0. The number of aliphatic hydroxyl groups is 1. The maximum absolute atomic E-state index is 9.92. The Morgan fingerprint density at radius 1 is 1.14 bits per heavy atom. The average Bonchev–Trinajstić information content (AvgIpc) is 2.24. The summed E-state index contributed by atoms with van der Waals surface area (Å²) in [5.74, 6) is 0.725. The Morgan fingerprint density at radius 2 is 1.67 bits per heavy atom. The quantitative estimate of drug-likeness (QED) is 0.709. The van der Waals surface area contributed by atoms with Gasteiger partial charge in [0, 0.05) is 11.1 Å². The fourth-order valence-electron chi connectivity index (χ4n) is 3.82. The van der Waals surface area contributed by atoms with Crippen LogP contribution in [0.3, 0.4) is 0 Å². The zero-order valence-electron chi connectivity index (χ0n) is 14.9. The van der Waals surface area contributed by atoms with Crippen LogP contribution in [-0.4, -0.2) is 40.0 Å². The third kappa shape index (κ3) is 5.85. The van der Waals surface area contributed by atoms with Gasteiger partial charge in [-0.2, -0.15) is 5.06 Å². The summed E-state index contributed by atoms with van der Waals surface area (Å²) in [6, 6.07) is 0. The van der Waals surface area contributed by atoms with Gasteiger partial charge in [0.2, 0.25) is 0 Å². The van der Waals surface area contributed by atoms with Gasteiger partial charge < -0.3 is 10.8 Å². The van der Waals surface area contributed by atoms with Crippen LogP contribution in [0.5, 0.6) is 0 Å². The molecule has 3 N–H and O–H groups in total. The standard InChI is InChI=1S/C17H36N2O2/c1-15(2)11-14(9-7-8-10-18)12-16(3,4)19(15)21-13-17(5,6)20/h14,20H,7-13,18H2,1-6H3. The number of nitrogens with zero attached hydrogens (tertiary/aromatic N) is 1. The molecule has 0 aliphatic carbocycles. The summed E-state index contributed by atoms with van der Waals surface area (Å²) in [6.07, 6.45) is 5.86. The fourth-order valence-corrected chi connectivity index (χ4v) is 3.82. The van der Waals surface area contributed by atoms with Crippen molar-refractivity contribution < 1.29 is 9.94 Å². The van der Waals surface area contributed by atoms with Crippen LogP contribution in [0.1, 0.15) is 73.6 Å². The number of nitrogens with two attached hydrogens (primary N) is 1. The third-order valence-corrected chi connectivity index (χ3v) is 4.29. The SMILES string of the molecule is CC(C)(O)CON1C(C)(C)CC(CCCCN)CC1(C)C. The Hall–Kier alpha value is -0.160. The van der Waals surface area contributed by atoms with Crippen LogP contribution in [-0.2, 0) is 4.84 Å². The second-order valence-electron chi connectivity index (χ2n) is 8.56. The maximum atomic E-state index is 9.92. The summed E-state index contributed by atoms with van der Waals surface area (Å²) in [6.45, 7) is 13.7. The van der Waals surface area contributed by atoms with Gasteiger partial charge in [0.05, 0.1) is 12.2 Å². The Balaban J connectivity index is 2.69. The topological polar surface area (TPSA) is 58.7 Å². The van der Waals surface area contributed by atoms with E-state index in [1.165, 1.54) is 12.8 Å². The van der Waals surface area contributed by atoms with Gasteiger partial charge in [0.15, 0.2) is 0 Å². The zero-order chi connectivity index (χ0) is 16.3. The smallest absolute Gasteiger partial charge is 0.0967 e. The Labute approximate surface area is 131 Å². The van der Waals surface area contributed by atoms with Gasteiger partial charge in [0.1, 0.15) is 0 Å². The van der Waals surface area contributed by atoms with E-state index in [4.69, 9.17) is 10.6 Å². The molecule has 1 aliphatic rings. The van der Waals surface area contributed by atoms with Crippen molar-refractivity contribution in [3.05, 3.63) is 0 Å². The van der Waals surface area contributed by atoms with Crippen LogP contribution in [0.15, 0.2) is 0 Å². The van der Waals surface area contributed by atoms with Crippen molar-refractivity contribution in [2.45, 2.75) is 90.3 Å². The highest BCUT2D eigenvalue weighted by Crippen LogP contribution is 2.43. The van der Waals surface area contributed by atoms with Crippen molar-refractivity contribution >= 4 is 0 Å². The van der Waals surface area contributed by atoms with Crippen molar-refractivity contribution in [1.29, 1.82) is 0 Å². The number of piperidine rings is 1. The monoisotopic (exact) mass is 300 g/mol. The molecule has 0 spiro atoms.